The quantitative estimate of drug-likeness (QED) is 0.891. The van der Waals surface area contributed by atoms with Gasteiger partial charge >= 0.3 is 0 Å². The van der Waals surface area contributed by atoms with Crippen molar-refractivity contribution in [2.45, 2.75) is 0 Å². The Balaban J connectivity index is 2.24. The Kier molecular flexibility index (Phi) is 3.62. The number of benzene rings is 2. The van der Waals surface area contributed by atoms with E-state index >= 15 is 0 Å². The monoisotopic (exact) mass is 309 g/mol. The summed E-state index contributed by atoms with van der Waals surface area (Å²) >= 11 is 3.17. The molecular formula is C13H9BrFNO2. The summed E-state index contributed by atoms with van der Waals surface area (Å²) in [6.07, 6.45) is 0. The van der Waals surface area contributed by atoms with E-state index in [1.165, 1.54) is 36.4 Å². The van der Waals surface area contributed by atoms with Gasteiger partial charge in [0.2, 0.25) is 0 Å². The van der Waals surface area contributed by atoms with Crippen molar-refractivity contribution in [3.63, 3.8) is 0 Å². The second kappa shape index (κ2) is 5.18. The van der Waals surface area contributed by atoms with Gasteiger partial charge in [0.15, 0.2) is 0 Å². The minimum atomic E-state index is -0.517. The largest absolute Gasteiger partial charge is 0.508 e. The summed E-state index contributed by atoms with van der Waals surface area (Å²) in [6, 6.07) is 10.1. The zero-order valence-electron chi connectivity index (χ0n) is 9.15. The van der Waals surface area contributed by atoms with Crippen molar-refractivity contribution in [3.8, 4) is 5.75 Å². The van der Waals surface area contributed by atoms with Crippen LogP contribution in [0.25, 0.3) is 0 Å². The molecule has 0 aliphatic heterocycles. The topological polar surface area (TPSA) is 49.3 Å². The number of carbonyl (C=O) groups excluding carboxylic acids is 1. The number of phenols is 1. The second-order valence-electron chi connectivity index (χ2n) is 3.60. The lowest BCUT2D eigenvalue weighted by Gasteiger charge is -2.08. The van der Waals surface area contributed by atoms with Gasteiger partial charge in [0.05, 0.1) is 5.69 Å². The van der Waals surface area contributed by atoms with Gasteiger partial charge in [-0.1, -0.05) is 6.07 Å². The Morgan fingerprint density at radius 2 is 1.83 bits per heavy atom. The van der Waals surface area contributed by atoms with E-state index in [1.807, 2.05) is 0 Å². The van der Waals surface area contributed by atoms with Gasteiger partial charge in [0.25, 0.3) is 5.91 Å². The molecule has 0 aliphatic carbocycles. The lowest BCUT2D eigenvalue weighted by molar-refractivity contribution is 0.102. The third-order valence-corrected chi connectivity index (χ3v) is 2.99. The molecule has 0 spiro atoms. The number of phenolic OH excluding ortho intramolecular Hbond substituents is 1. The van der Waals surface area contributed by atoms with E-state index in [0.29, 0.717) is 10.0 Å². The first-order valence-electron chi connectivity index (χ1n) is 5.12. The first kappa shape index (κ1) is 12.6. The van der Waals surface area contributed by atoms with Crippen molar-refractivity contribution in [1.82, 2.24) is 0 Å². The maximum atomic E-state index is 13.5. The van der Waals surface area contributed by atoms with Crippen LogP contribution in [0.4, 0.5) is 10.1 Å². The third kappa shape index (κ3) is 2.68. The highest BCUT2D eigenvalue weighted by Crippen LogP contribution is 2.25. The van der Waals surface area contributed by atoms with Crippen molar-refractivity contribution in [2.75, 3.05) is 5.32 Å². The number of nitrogens with one attached hydrogen (secondary N) is 1. The molecule has 18 heavy (non-hydrogen) atoms. The molecule has 0 heterocycles. The van der Waals surface area contributed by atoms with Crippen molar-refractivity contribution in [2.24, 2.45) is 0 Å². The third-order valence-electron chi connectivity index (χ3n) is 2.33. The number of carbonyl (C=O) groups is 1. The van der Waals surface area contributed by atoms with Gasteiger partial charge < -0.3 is 10.4 Å². The summed E-state index contributed by atoms with van der Waals surface area (Å²) in [4.78, 5) is 11.8. The zero-order valence-corrected chi connectivity index (χ0v) is 10.7. The van der Waals surface area contributed by atoms with Gasteiger partial charge in [0, 0.05) is 10.0 Å². The van der Waals surface area contributed by atoms with Crippen LogP contribution in [0, 0.1) is 5.82 Å². The van der Waals surface area contributed by atoms with E-state index in [-0.39, 0.29) is 11.4 Å². The molecule has 2 rings (SSSR count). The van der Waals surface area contributed by atoms with E-state index in [0.717, 1.165) is 0 Å². The molecule has 0 bridgehead atoms. The minimum absolute atomic E-state index is 0.0682. The average molecular weight is 310 g/mol. The molecule has 0 saturated heterocycles. The first-order valence-corrected chi connectivity index (χ1v) is 5.91. The highest BCUT2D eigenvalue weighted by molar-refractivity contribution is 9.10. The minimum Gasteiger partial charge on any atom is -0.508 e. The molecule has 0 atom stereocenters. The maximum absolute atomic E-state index is 13.5. The van der Waals surface area contributed by atoms with Gasteiger partial charge in [-0.3, -0.25) is 4.79 Å². The van der Waals surface area contributed by atoms with Crippen molar-refractivity contribution in [1.29, 1.82) is 0 Å². The van der Waals surface area contributed by atoms with Crippen molar-refractivity contribution < 1.29 is 14.3 Å². The number of para-hydroxylation sites is 1. The van der Waals surface area contributed by atoms with Crippen LogP contribution in [-0.4, -0.2) is 11.0 Å². The van der Waals surface area contributed by atoms with Crippen molar-refractivity contribution >= 4 is 27.5 Å². The molecule has 0 radical (unpaired) electrons. The van der Waals surface area contributed by atoms with E-state index in [9.17, 15) is 9.18 Å². The predicted molar refractivity (Wildman–Crippen MR) is 70.2 cm³/mol. The van der Waals surface area contributed by atoms with E-state index in [4.69, 9.17) is 5.11 Å². The highest BCUT2D eigenvalue weighted by Gasteiger charge is 2.11. The SMILES string of the molecule is O=C(Nc1c(F)cccc1Br)c1ccc(O)cc1. The Bertz CT molecular complexity index is 564. The van der Waals surface area contributed by atoms with E-state index in [1.54, 1.807) is 6.07 Å². The Morgan fingerprint density at radius 3 is 2.44 bits per heavy atom. The summed E-state index contributed by atoms with van der Waals surface area (Å²) in [6.45, 7) is 0. The van der Waals surface area contributed by atoms with Gasteiger partial charge in [-0.15, -0.1) is 0 Å². The maximum Gasteiger partial charge on any atom is 0.255 e. The fraction of sp³-hybridized carbons (Fsp3) is 0. The lowest BCUT2D eigenvalue weighted by Crippen LogP contribution is -2.13. The number of amides is 1. The van der Waals surface area contributed by atoms with Crippen LogP contribution in [0.1, 0.15) is 10.4 Å². The average Bonchev–Trinajstić information content (AvgIpc) is 2.34. The van der Waals surface area contributed by atoms with Crippen molar-refractivity contribution in [3.05, 3.63) is 58.3 Å². The van der Waals surface area contributed by atoms with Crippen LogP contribution in [0.5, 0.6) is 5.75 Å². The molecule has 1 amide bonds. The summed E-state index contributed by atoms with van der Waals surface area (Å²) < 4.78 is 14.0. The van der Waals surface area contributed by atoms with E-state index in [2.05, 4.69) is 21.2 Å². The molecule has 0 saturated carbocycles. The number of hydrogen-bond donors (Lipinski definition) is 2. The van der Waals surface area contributed by atoms with Crippen LogP contribution in [-0.2, 0) is 0 Å². The molecule has 3 nitrogen and oxygen atoms in total. The normalized spacial score (nSPS) is 10.1. The van der Waals surface area contributed by atoms with Gasteiger partial charge in [0.1, 0.15) is 11.6 Å². The van der Waals surface area contributed by atoms with Gasteiger partial charge in [-0.2, -0.15) is 0 Å². The van der Waals surface area contributed by atoms with Gasteiger partial charge in [-0.05, 0) is 52.3 Å². The number of aromatic hydroxyl groups is 1. The molecule has 0 aromatic heterocycles. The van der Waals surface area contributed by atoms with Crippen LogP contribution in [0.3, 0.4) is 0 Å². The summed E-state index contributed by atoms with van der Waals surface area (Å²) in [5.74, 6) is -0.893. The first-order chi connectivity index (χ1) is 8.58. The standard InChI is InChI=1S/C13H9BrFNO2/c14-10-2-1-3-11(15)12(10)16-13(18)8-4-6-9(17)7-5-8/h1-7,17H,(H,16,18). The molecule has 0 fully saturated rings. The number of hydrogen-bond acceptors (Lipinski definition) is 2. The molecule has 0 unspecified atom stereocenters. The highest BCUT2D eigenvalue weighted by atomic mass is 79.9. The zero-order chi connectivity index (χ0) is 13.1. The van der Waals surface area contributed by atoms with Crippen LogP contribution >= 0.6 is 15.9 Å². The molecule has 0 aliphatic rings. The molecule has 92 valence electrons. The molecule has 2 N–H and O–H groups in total. The Morgan fingerprint density at radius 1 is 1.17 bits per heavy atom. The van der Waals surface area contributed by atoms with Gasteiger partial charge in [-0.25, -0.2) is 4.39 Å². The molecule has 2 aromatic rings. The van der Waals surface area contributed by atoms with E-state index < -0.39 is 11.7 Å². The summed E-state index contributed by atoms with van der Waals surface area (Å²) in [5, 5.41) is 11.6. The lowest BCUT2D eigenvalue weighted by atomic mass is 10.2. The fourth-order valence-electron chi connectivity index (χ4n) is 1.42. The summed E-state index contributed by atoms with van der Waals surface area (Å²) in [5.41, 5.74) is 0.429. The second-order valence-corrected chi connectivity index (χ2v) is 4.45. The summed E-state index contributed by atoms with van der Waals surface area (Å²) in [7, 11) is 0. The Labute approximate surface area is 111 Å². The smallest absolute Gasteiger partial charge is 0.255 e. The number of halogens is 2. The predicted octanol–water partition coefficient (Wildman–Crippen LogP) is 3.55. The Hall–Kier alpha value is -1.88. The fourth-order valence-corrected chi connectivity index (χ4v) is 1.86. The number of anilines is 1. The molecule has 5 heteroatoms. The van der Waals surface area contributed by atoms with Crippen LogP contribution in [0.15, 0.2) is 46.9 Å². The molecular weight excluding hydrogens is 301 g/mol. The van der Waals surface area contributed by atoms with Crippen LogP contribution < -0.4 is 5.32 Å². The molecule has 2 aromatic carbocycles. The number of rotatable bonds is 2. The van der Waals surface area contributed by atoms with Crippen LogP contribution in [0.2, 0.25) is 0 Å².